The topological polar surface area (TPSA) is 36.9 Å². The van der Waals surface area contributed by atoms with Gasteiger partial charge in [0.25, 0.3) is 0 Å². The van der Waals surface area contributed by atoms with Crippen molar-refractivity contribution in [2.45, 2.75) is 158 Å². The van der Waals surface area contributed by atoms with E-state index in [9.17, 15) is 0 Å². The van der Waals surface area contributed by atoms with Crippen LogP contribution >= 0.6 is 0 Å². The zero-order valence-corrected chi connectivity index (χ0v) is 28.9. The van der Waals surface area contributed by atoms with E-state index in [1.165, 1.54) is 46.3 Å². The van der Waals surface area contributed by atoms with Gasteiger partial charge in [0.05, 0.1) is 13.2 Å². The maximum absolute atomic E-state index is 6.63. The highest BCUT2D eigenvalue weighted by Gasteiger charge is 2.26. The van der Waals surface area contributed by atoms with Crippen molar-refractivity contribution in [3.05, 3.63) is 57.2 Å². The van der Waals surface area contributed by atoms with Crippen LogP contribution in [0.5, 0.6) is 11.5 Å². The van der Waals surface area contributed by atoms with Crippen molar-refractivity contribution in [3.8, 4) is 11.5 Å². The fourth-order valence-electron chi connectivity index (χ4n) is 6.15. The van der Waals surface area contributed by atoms with Gasteiger partial charge in [0, 0.05) is 18.4 Å². The quantitative estimate of drug-likeness (QED) is 0.178. The maximum Gasteiger partial charge on any atom is 0.199 e. The summed E-state index contributed by atoms with van der Waals surface area (Å²) in [6.45, 7) is 19.5. The van der Waals surface area contributed by atoms with Crippen LogP contribution in [0, 0.1) is 26.7 Å². The summed E-state index contributed by atoms with van der Waals surface area (Å²) in [4.78, 5) is 0. The monoisotopic (exact) mass is 594 g/mol. The summed E-state index contributed by atoms with van der Waals surface area (Å²) in [6.07, 6.45) is 22.5. The first kappa shape index (κ1) is 35.4. The zero-order chi connectivity index (χ0) is 31.2. The summed E-state index contributed by atoms with van der Waals surface area (Å²) in [5.41, 5.74) is 9.26. The number of benzene rings is 1. The van der Waals surface area contributed by atoms with Crippen molar-refractivity contribution < 1.29 is 18.9 Å². The van der Waals surface area contributed by atoms with Gasteiger partial charge in [-0.2, -0.15) is 0 Å². The molecule has 0 radical (unpaired) electrons. The first-order chi connectivity index (χ1) is 20.7. The SMILES string of the molecule is CC(C)=CCC/C(C)=C/CC/C(C)=C/CC[C@H](C)CCc1c(C)c(OC2CCCCO2)c(C)c(C)c1OC1CCCCO1. The maximum atomic E-state index is 6.63. The van der Waals surface area contributed by atoms with E-state index < -0.39 is 0 Å². The normalized spacial score (nSPS) is 20.6. The summed E-state index contributed by atoms with van der Waals surface area (Å²) < 4.78 is 25.1. The molecule has 0 bridgehead atoms. The predicted molar refractivity (Wildman–Crippen MR) is 181 cm³/mol. The number of hydrogen-bond donors (Lipinski definition) is 0. The molecule has 4 heteroatoms. The standard InChI is InChI=1S/C39H62O4/c1-28(2)16-13-17-29(3)18-14-19-30(4)20-15-21-31(5)24-25-35-34(8)38(42-36-22-9-11-26-40-36)32(6)33(7)39(35)43-37-23-10-12-27-41-37/h16,18,20,31,36-37H,9-15,17,19,21-27H2,1-8H3/b29-18+,30-20+/t31-,36?,37?/m0/s1. The Labute approximate surface area is 264 Å². The highest BCUT2D eigenvalue weighted by molar-refractivity contribution is 5.58. The minimum atomic E-state index is -0.153. The van der Waals surface area contributed by atoms with E-state index in [1.807, 2.05) is 0 Å². The Morgan fingerprint density at radius 3 is 1.79 bits per heavy atom. The molecule has 0 spiro atoms. The van der Waals surface area contributed by atoms with Gasteiger partial charge < -0.3 is 18.9 Å². The predicted octanol–water partition coefficient (Wildman–Crippen LogP) is 11.2. The molecule has 2 aliphatic heterocycles. The Bertz CT molecular complexity index is 1080. The second-order valence-electron chi connectivity index (χ2n) is 13.5. The van der Waals surface area contributed by atoms with Crippen molar-refractivity contribution in [2.75, 3.05) is 13.2 Å². The smallest absolute Gasteiger partial charge is 0.199 e. The second-order valence-corrected chi connectivity index (χ2v) is 13.5. The Balaban J connectivity index is 1.60. The van der Waals surface area contributed by atoms with Crippen molar-refractivity contribution in [2.24, 2.45) is 5.92 Å². The van der Waals surface area contributed by atoms with Crippen LogP contribution in [0.25, 0.3) is 0 Å². The van der Waals surface area contributed by atoms with E-state index in [0.29, 0.717) is 5.92 Å². The molecule has 3 atom stereocenters. The zero-order valence-electron chi connectivity index (χ0n) is 28.9. The summed E-state index contributed by atoms with van der Waals surface area (Å²) in [5.74, 6) is 2.64. The van der Waals surface area contributed by atoms with Crippen LogP contribution in [0.2, 0.25) is 0 Å². The first-order valence-electron chi connectivity index (χ1n) is 17.3. The van der Waals surface area contributed by atoms with Gasteiger partial charge in [-0.3, -0.25) is 0 Å². The van der Waals surface area contributed by atoms with Crippen molar-refractivity contribution in [1.82, 2.24) is 0 Å². The Morgan fingerprint density at radius 2 is 1.23 bits per heavy atom. The van der Waals surface area contributed by atoms with Gasteiger partial charge in [-0.15, -0.1) is 0 Å². The lowest BCUT2D eigenvalue weighted by molar-refractivity contribution is -0.108. The molecule has 0 amide bonds. The molecule has 43 heavy (non-hydrogen) atoms. The van der Waals surface area contributed by atoms with Crippen LogP contribution in [0.15, 0.2) is 34.9 Å². The highest BCUT2D eigenvalue weighted by atomic mass is 16.7. The van der Waals surface area contributed by atoms with Gasteiger partial charge in [-0.05, 0) is 148 Å². The third kappa shape index (κ3) is 12.1. The van der Waals surface area contributed by atoms with E-state index in [0.717, 1.165) is 107 Å². The Morgan fingerprint density at radius 1 is 0.698 bits per heavy atom. The lowest BCUT2D eigenvalue weighted by Crippen LogP contribution is -2.27. The number of hydrogen-bond acceptors (Lipinski definition) is 4. The van der Waals surface area contributed by atoms with Crippen molar-refractivity contribution in [1.29, 1.82) is 0 Å². The molecule has 3 rings (SSSR count). The molecule has 2 fully saturated rings. The van der Waals surface area contributed by atoms with Gasteiger partial charge in [-0.25, -0.2) is 0 Å². The van der Waals surface area contributed by atoms with E-state index in [4.69, 9.17) is 18.9 Å². The Kier molecular flexibility index (Phi) is 15.4. The van der Waals surface area contributed by atoms with E-state index in [1.54, 1.807) is 0 Å². The minimum Gasteiger partial charge on any atom is -0.464 e. The van der Waals surface area contributed by atoms with Crippen molar-refractivity contribution in [3.63, 3.8) is 0 Å². The summed E-state index contributed by atoms with van der Waals surface area (Å²) >= 11 is 0. The van der Waals surface area contributed by atoms with Gasteiger partial charge in [0.15, 0.2) is 12.6 Å². The fraction of sp³-hybridized carbons (Fsp3) is 0.692. The lowest BCUT2D eigenvalue weighted by atomic mass is 9.90. The number of allylic oxidation sites excluding steroid dienone is 6. The lowest BCUT2D eigenvalue weighted by Gasteiger charge is -2.30. The number of ether oxygens (including phenoxy) is 4. The number of rotatable bonds is 16. The van der Waals surface area contributed by atoms with Crippen LogP contribution in [0.1, 0.15) is 140 Å². The highest BCUT2D eigenvalue weighted by Crippen LogP contribution is 2.41. The summed E-state index contributed by atoms with van der Waals surface area (Å²) in [6, 6.07) is 0. The molecule has 0 N–H and O–H groups in total. The van der Waals surface area contributed by atoms with Gasteiger partial charge in [-0.1, -0.05) is 41.9 Å². The van der Waals surface area contributed by atoms with E-state index >= 15 is 0 Å². The van der Waals surface area contributed by atoms with Crippen LogP contribution in [-0.2, 0) is 15.9 Å². The molecule has 2 aliphatic rings. The molecule has 0 aliphatic carbocycles. The summed E-state index contributed by atoms with van der Waals surface area (Å²) in [7, 11) is 0. The van der Waals surface area contributed by atoms with E-state index in [2.05, 4.69) is 73.6 Å². The van der Waals surface area contributed by atoms with Crippen LogP contribution in [0.3, 0.4) is 0 Å². The van der Waals surface area contributed by atoms with Crippen molar-refractivity contribution >= 4 is 0 Å². The molecule has 1 aromatic carbocycles. The van der Waals surface area contributed by atoms with Crippen LogP contribution in [0.4, 0.5) is 0 Å². The molecule has 2 heterocycles. The third-order valence-corrected chi connectivity index (χ3v) is 9.25. The second kappa shape index (κ2) is 18.7. The average molecular weight is 595 g/mol. The molecule has 1 aromatic rings. The fourth-order valence-corrected chi connectivity index (χ4v) is 6.15. The van der Waals surface area contributed by atoms with Crippen LogP contribution < -0.4 is 9.47 Å². The molecule has 0 aromatic heterocycles. The molecule has 4 nitrogen and oxygen atoms in total. The molecular weight excluding hydrogens is 532 g/mol. The van der Waals surface area contributed by atoms with Gasteiger partial charge in [0.1, 0.15) is 11.5 Å². The van der Waals surface area contributed by atoms with E-state index in [-0.39, 0.29) is 12.6 Å². The summed E-state index contributed by atoms with van der Waals surface area (Å²) in [5, 5.41) is 0. The minimum absolute atomic E-state index is 0.150. The molecule has 0 saturated carbocycles. The third-order valence-electron chi connectivity index (χ3n) is 9.25. The molecule has 2 saturated heterocycles. The average Bonchev–Trinajstić information content (AvgIpc) is 2.98. The first-order valence-corrected chi connectivity index (χ1v) is 17.3. The molecular formula is C39H62O4. The Hall–Kier alpha value is -2.04. The van der Waals surface area contributed by atoms with Gasteiger partial charge in [0.2, 0.25) is 0 Å². The molecule has 2 unspecified atom stereocenters. The van der Waals surface area contributed by atoms with Gasteiger partial charge >= 0.3 is 0 Å². The molecule has 242 valence electrons. The van der Waals surface area contributed by atoms with Crippen LogP contribution in [-0.4, -0.2) is 25.8 Å². The largest absolute Gasteiger partial charge is 0.464 e.